The number of aryl methyl sites for hydroxylation is 1. The van der Waals surface area contributed by atoms with E-state index in [4.69, 9.17) is 10.5 Å². The van der Waals surface area contributed by atoms with Gasteiger partial charge in [0.05, 0.1) is 12.7 Å². The third-order valence-electron chi connectivity index (χ3n) is 3.42. The number of hydrogen-bond acceptors (Lipinski definition) is 5. The lowest BCUT2D eigenvalue weighted by atomic mass is 10.1. The molecule has 1 aromatic rings. The van der Waals surface area contributed by atoms with Crippen LogP contribution in [0.4, 0.5) is 0 Å². The van der Waals surface area contributed by atoms with Gasteiger partial charge < -0.3 is 15.4 Å². The lowest BCUT2D eigenvalue weighted by molar-refractivity contribution is -0.0169. The molecule has 1 aromatic heterocycles. The van der Waals surface area contributed by atoms with Crippen molar-refractivity contribution in [1.29, 1.82) is 0 Å². The summed E-state index contributed by atoms with van der Waals surface area (Å²) < 4.78 is 5.49. The summed E-state index contributed by atoms with van der Waals surface area (Å²) in [5.74, 6) is 1.07. The molecule has 1 unspecified atom stereocenters. The van der Waals surface area contributed by atoms with Crippen LogP contribution in [0.5, 0.6) is 0 Å². The quantitative estimate of drug-likeness (QED) is 0.887. The molecule has 0 saturated carbocycles. The lowest BCUT2D eigenvalue weighted by Gasteiger charge is -2.32. The average molecular weight is 292 g/mol. The smallest absolute Gasteiger partial charge is 0.272 e. The monoisotopic (exact) mass is 292 g/mol. The number of morpholine rings is 1. The summed E-state index contributed by atoms with van der Waals surface area (Å²) in [6.07, 6.45) is 0.763. The minimum Gasteiger partial charge on any atom is -0.373 e. The molecule has 0 spiro atoms. The molecule has 0 aliphatic carbocycles. The van der Waals surface area contributed by atoms with Crippen LogP contribution in [0.2, 0.25) is 0 Å². The van der Waals surface area contributed by atoms with E-state index in [1.807, 2.05) is 13.0 Å². The van der Waals surface area contributed by atoms with Crippen LogP contribution < -0.4 is 5.73 Å². The van der Waals surface area contributed by atoms with Crippen LogP contribution >= 0.6 is 0 Å². The topological polar surface area (TPSA) is 81.3 Å². The van der Waals surface area contributed by atoms with Gasteiger partial charge in [-0.2, -0.15) is 0 Å². The van der Waals surface area contributed by atoms with E-state index in [0.29, 0.717) is 43.7 Å². The Balaban J connectivity index is 2.16. The summed E-state index contributed by atoms with van der Waals surface area (Å²) in [7, 11) is 0. The standard InChI is InChI=1S/C15H24N4O2/c1-10(2)6-12-7-14(18-11(3)17-12)15(20)19-4-5-21-13(8-16)9-19/h7,10,13H,4-6,8-9,16H2,1-3H3. The van der Waals surface area contributed by atoms with E-state index >= 15 is 0 Å². The largest absolute Gasteiger partial charge is 0.373 e. The predicted octanol–water partition coefficient (Wildman–Crippen LogP) is 0.783. The maximum atomic E-state index is 12.6. The summed E-state index contributed by atoms with van der Waals surface area (Å²) in [4.78, 5) is 23.1. The van der Waals surface area contributed by atoms with E-state index < -0.39 is 0 Å². The molecule has 116 valence electrons. The van der Waals surface area contributed by atoms with Crippen molar-refractivity contribution in [2.45, 2.75) is 33.3 Å². The van der Waals surface area contributed by atoms with Crippen LogP contribution in [0.1, 0.15) is 35.9 Å². The first-order valence-electron chi connectivity index (χ1n) is 7.45. The average Bonchev–Trinajstić information content (AvgIpc) is 2.45. The lowest BCUT2D eigenvalue weighted by Crippen LogP contribution is -2.48. The molecule has 6 heteroatoms. The Morgan fingerprint density at radius 1 is 1.52 bits per heavy atom. The highest BCUT2D eigenvalue weighted by Gasteiger charge is 2.25. The second-order valence-corrected chi connectivity index (χ2v) is 5.87. The van der Waals surface area contributed by atoms with Crippen LogP contribution in [0.3, 0.4) is 0 Å². The van der Waals surface area contributed by atoms with Gasteiger partial charge in [0.25, 0.3) is 5.91 Å². The molecule has 1 aliphatic heterocycles. The first-order valence-corrected chi connectivity index (χ1v) is 7.45. The predicted molar refractivity (Wildman–Crippen MR) is 80.0 cm³/mol. The highest BCUT2D eigenvalue weighted by molar-refractivity contribution is 5.92. The summed E-state index contributed by atoms with van der Waals surface area (Å²) in [5, 5.41) is 0. The number of aromatic nitrogens is 2. The van der Waals surface area contributed by atoms with Gasteiger partial charge in [-0.3, -0.25) is 4.79 Å². The molecule has 21 heavy (non-hydrogen) atoms. The van der Waals surface area contributed by atoms with Crippen molar-refractivity contribution >= 4 is 5.91 Å². The maximum Gasteiger partial charge on any atom is 0.272 e. The number of rotatable bonds is 4. The van der Waals surface area contributed by atoms with Crippen molar-refractivity contribution in [3.8, 4) is 0 Å². The zero-order valence-electron chi connectivity index (χ0n) is 13.0. The molecule has 0 bridgehead atoms. The van der Waals surface area contributed by atoms with E-state index in [2.05, 4.69) is 23.8 Å². The van der Waals surface area contributed by atoms with E-state index in [9.17, 15) is 4.79 Å². The number of hydrogen-bond donors (Lipinski definition) is 1. The molecule has 2 rings (SSSR count). The molecule has 0 radical (unpaired) electrons. The molecule has 1 aliphatic rings. The second kappa shape index (κ2) is 6.95. The highest BCUT2D eigenvalue weighted by Crippen LogP contribution is 2.12. The van der Waals surface area contributed by atoms with Gasteiger partial charge in [-0.05, 0) is 25.3 Å². The Bertz CT molecular complexity index is 504. The van der Waals surface area contributed by atoms with Gasteiger partial charge in [-0.15, -0.1) is 0 Å². The molecule has 1 saturated heterocycles. The number of carbonyl (C=O) groups excluding carboxylic acids is 1. The van der Waals surface area contributed by atoms with Crippen LogP contribution in [-0.2, 0) is 11.2 Å². The van der Waals surface area contributed by atoms with E-state index in [-0.39, 0.29) is 12.0 Å². The van der Waals surface area contributed by atoms with Gasteiger partial charge in [0, 0.05) is 25.3 Å². The van der Waals surface area contributed by atoms with Crippen molar-refractivity contribution in [1.82, 2.24) is 14.9 Å². The maximum absolute atomic E-state index is 12.6. The molecule has 1 fully saturated rings. The number of ether oxygens (including phenoxy) is 1. The SMILES string of the molecule is Cc1nc(CC(C)C)cc(C(=O)N2CCOC(CN)C2)n1. The molecule has 2 N–H and O–H groups in total. The Kier molecular flexibility index (Phi) is 5.25. The molecule has 1 amide bonds. The van der Waals surface area contributed by atoms with Crippen molar-refractivity contribution in [3.05, 3.63) is 23.3 Å². The van der Waals surface area contributed by atoms with Crippen molar-refractivity contribution in [2.75, 3.05) is 26.2 Å². The van der Waals surface area contributed by atoms with Gasteiger partial charge in [-0.25, -0.2) is 9.97 Å². The van der Waals surface area contributed by atoms with E-state index in [1.54, 1.807) is 4.90 Å². The van der Waals surface area contributed by atoms with Gasteiger partial charge >= 0.3 is 0 Å². The Morgan fingerprint density at radius 2 is 2.29 bits per heavy atom. The molecule has 2 heterocycles. The van der Waals surface area contributed by atoms with Gasteiger partial charge in [0.1, 0.15) is 11.5 Å². The van der Waals surface area contributed by atoms with Crippen LogP contribution in [0.15, 0.2) is 6.07 Å². The molecule has 0 aromatic carbocycles. The third-order valence-corrected chi connectivity index (χ3v) is 3.42. The van der Waals surface area contributed by atoms with Crippen molar-refractivity contribution < 1.29 is 9.53 Å². The fraction of sp³-hybridized carbons (Fsp3) is 0.667. The summed E-state index contributed by atoms with van der Waals surface area (Å²) >= 11 is 0. The highest BCUT2D eigenvalue weighted by atomic mass is 16.5. The van der Waals surface area contributed by atoms with E-state index in [1.165, 1.54) is 0 Å². The van der Waals surface area contributed by atoms with E-state index in [0.717, 1.165) is 12.1 Å². The normalized spacial score (nSPS) is 19.1. The van der Waals surface area contributed by atoms with Gasteiger partial charge in [-0.1, -0.05) is 13.8 Å². The first kappa shape index (κ1) is 15.9. The Hall–Kier alpha value is -1.53. The summed E-state index contributed by atoms with van der Waals surface area (Å²) in [6, 6.07) is 1.81. The molecule has 6 nitrogen and oxygen atoms in total. The number of nitrogens with zero attached hydrogens (tertiary/aromatic N) is 3. The minimum absolute atomic E-state index is 0.0627. The number of nitrogens with two attached hydrogens (primary N) is 1. The van der Waals surface area contributed by atoms with Crippen LogP contribution in [-0.4, -0.2) is 53.1 Å². The first-order chi connectivity index (χ1) is 9.99. The minimum atomic E-state index is -0.0826. The van der Waals surface area contributed by atoms with Crippen LogP contribution in [0, 0.1) is 12.8 Å². The van der Waals surface area contributed by atoms with Gasteiger partial charge in [0.2, 0.25) is 0 Å². The Morgan fingerprint density at radius 3 is 2.95 bits per heavy atom. The fourth-order valence-corrected chi connectivity index (χ4v) is 2.47. The zero-order valence-corrected chi connectivity index (χ0v) is 13.0. The van der Waals surface area contributed by atoms with Crippen molar-refractivity contribution in [3.63, 3.8) is 0 Å². The molecular weight excluding hydrogens is 268 g/mol. The number of carbonyl (C=O) groups is 1. The van der Waals surface area contributed by atoms with Gasteiger partial charge in [0.15, 0.2) is 0 Å². The molecular formula is C15H24N4O2. The third kappa shape index (κ3) is 4.22. The summed E-state index contributed by atoms with van der Waals surface area (Å²) in [5.41, 5.74) is 7.01. The second-order valence-electron chi connectivity index (χ2n) is 5.87. The fourth-order valence-electron chi connectivity index (χ4n) is 2.47. The van der Waals surface area contributed by atoms with Crippen molar-refractivity contribution in [2.24, 2.45) is 11.7 Å². The zero-order chi connectivity index (χ0) is 15.4. The van der Waals surface area contributed by atoms with Crippen LogP contribution in [0.25, 0.3) is 0 Å². The Labute approximate surface area is 125 Å². The molecule has 1 atom stereocenters. The summed E-state index contributed by atoms with van der Waals surface area (Å²) in [6.45, 7) is 8.14. The number of amides is 1.